The van der Waals surface area contributed by atoms with E-state index in [1.807, 2.05) is 24.3 Å². The van der Waals surface area contributed by atoms with E-state index in [1.165, 1.54) is 0 Å². The lowest BCUT2D eigenvalue weighted by atomic mass is 10.1. The Balaban J connectivity index is 2.21. The van der Waals surface area contributed by atoms with Crippen molar-refractivity contribution in [2.45, 2.75) is 19.3 Å². The van der Waals surface area contributed by atoms with Gasteiger partial charge in [0.2, 0.25) is 5.91 Å². The number of rotatable bonds is 8. The third-order valence-electron chi connectivity index (χ3n) is 2.59. The average molecular weight is 262 g/mol. The van der Waals surface area contributed by atoms with Gasteiger partial charge in [0, 0.05) is 18.0 Å². The Labute approximate surface area is 112 Å². The topological polar surface area (TPSA) is 87.1 Å². The van der Waals surface area contributed by atoms with E-state index in [0.29, 0.717) is 19.5 Å². The van der Waals surface area contributed by atoms with Gasteiger partial charge in [-0.25, -0.2) is 0 Å². The first-order valence-electron chi connectivity index (χ1n) is 6.16. The molecule has 1 rings (SSSR count). The van der Waals surface area contributed by atoms with E-state index in [0.717, 1.165) is 24.2 Å². The van der Waals surface area contributed by atoms with Gasteiger partial charge in [0.25, 0.3) is 0 Å². The van der Waals surface area contributed by atoms with E-state index >= 15 is 0 Å². The van der Waals surface area contributed by atoms with Gasteiger partial charge in [-0.2, -0.15) is 0 Å². The number of azide groups is 1. The summed E-state index contributed by atoms with van der Waals surface area (Å²) in [7, 11) is 1.61. The fourth-order valence-electron chi connectivity index (χ4n) is 1.57. The molecule has 0 radical (unpaired) electrons. The molecular weight excluding hydrogens is 244 g/mol. The Morgan fingerprint density at radius 2 is 2.11 bits per heavy atom. The monoisotopic (exact) mass is 262 g/mol. The second-order valence-electron chi connectivity index (χ2n) is 4.04. The van der Waals surface area contributed by atoms with Gasteiger partial charge in [-0.15, -0.1) is 0 Å². The largest absolute Gasteiger partial charge is 0.497 e. The number of benzene rings is 1. The van der Waals surface area contributed by atoms with E-state index in [4.69, 9.17) is 10.3 Å². The lowest BCUT2D eigenvalue weighted by Crippen LogP contribution is -2.26. The number of nitrogens with zero attached hydrogens (tertiary/aromatic N) is 3. The minimum Gasteiger partial charge on any atom is -0.497 e. The van der Waals surface area contributed by atoms with Crippen LogP contribution >= 0.6 is 0 Å². The molecule has 19 heavy (non-hydrogen) atoms. The van der Waals surface area contributed by atoms with Crippen LogP contribution in [0.5, 0.6) is 5.75 Å². The zero-order valence-electron chi connectivity index (χ0n) is 11.0. The molecule has 1 aromatic carbocycles. The SMILES string of the molecule is COc1ccc(CC(=O)NCCCCN=[N+]=[N-])cc1. The Hall–Kier alpha value is -2.20. The Kier molecular flexibility index (Phi) is 6.90. The van der Waals surface area contributed by atoms with Crippen molar-refractivity contribution < 1.29 is 9.53 Å². The molecular formula is C13H18N4O2. The standard InChI is InChI=1S/C13H18N4O2/c1-19-12-6-4-11(5-7-12)10-13(18)15-8-2-3-9-16-17-14/h4-7H,2-3,8-10H2,1H3,(H,15,18). The number of nitrogens with one attached hydrogen (secondary N) is 1. The molecule has 0 spiro atoms. The van der Waals surface area contributed by atoms with Gasteiger partial charge in [-0.1, -0.05) is 17.2 Å². The molecule has 0 aliphatic carbocycles. The molecule has 0 fully saturated rings. The van der Waals surface area contributed by atoms with Crippen LogP contribution in [0.3, 0.4) is 0 Å². The van der Waals surface area contributed by atoms with Crippen LogP contribution in [0.4, 0.5) is 0 Å². The van der Waals surface area contributed by atoms with Crippen LogP contribution in [0.25, 0.3) is 10.4 Å². The van der Waals surface area contributed by atoms with Crippen molar-refractivity contribution in [1.29, 1.82) is 0 Å². The molecule has 0 atom stereocenters. The van der Waals surface area contributed by atoms with E-state index in [1.54, 1.807) is 7.11 Å². The summed E-state index contributed by atoms with van der Waals surface area (Å²) in [6, 6.07) is 7.42. The van der Waals surface area contributed by atoms with E-state index < -0.39 is 0 Å². The van der Waals surface area contributed by atoms with Gasteiger partial charge >= 0.3 is 0 Å². The summed E-state index contributed by atoms with van der Waals surface area (Å²) < 4.78 is 5.05. The first-order chi connectivity index (χ1) is 9.26. The third kappa shape index (κ3) is 6.33. The zero-order chi connectivity index (χ0) is 13.9. The first kappa shape index (κ1) is 14.9. The molecule has 0 saturated carbocycles. The molecule has 0 heterocycles. The highest BCUT2D eigenvalue weighted by Gasteiger charge is 2.02. The summed E-state index contributed by atoms with van der Waals surface area (Å²) in [5, 5.41) is 6.26. The van der Waals surface area contributed by atoms with Crippen molar-refractivity contribution in [1.82, 2.24) is 5.32 Å². The highest BCUT2D eigenvalue weighted by atomic mass is 16.5. The van der Waals surface area contributed by atoms with Gasteiger partial charge in [0.05, 0.1) is 13.5 Å². The van der Waals surface area contributed by atoms with Gasteiger partial charge in [0.15, 0.2) is 0 Å². The summed E-state index contributed by atoms with van der Waals surface area (Å²) in [4.78, 5) is 14.3. The Morgan fingerprint density at radius 1 is 1.37 bits per heavy atom. The van der Waals surface area contributed by atoms with Crippen LogP contribution in [0.1, 0.15) is 18.4 Å². The maximum Gasteiger partial charge on any atom is 0.224 e. The van der Waals surface area contributed by atoms with Crippen LogP contribution in [-0.4, -0.2) is 26.1 Å². The third-order valence-corrected chi connectivity index (χ3v) is 2.59. The summed E-state index contributed by atoms with van der Waals surface area (Å²) in [5.74, 6) is 0.774. The first-order valence-corrected chi connectivity index (χ1v) is 6.16. The van der Waals surface area contributed by atoms with Crippen LogP contribution in [-0.2, 0) is 11.2 Å². The van der Waals surface area contributed by atoms with Crippen molar-refractivity contribution in [2.75, 3.05) is 20.2 Å². The normalized spacial score (nSPS) is 9.53. The predicted molar refractivity (Wildman–Crippen MR) is 73.0 cm³/mol. The molecule has 1 aromatic rings. The van der Waals surface area contributed by atoms with Crippen molar-refractivity contribution in [2.24, 2.45) is 5.11 Å². The number of unbranched alkanes of at least 4 members (excludes halogenated alkanes) is 1. The Morgan fingerprint density at radius 3 is 2.74 bits per heavy atom. The van der Waals surface area contributed by atoms with E-state index in [9.17, 15) is 4.79 Å². The number of carbonyl (C=O) groups excluding carboxylic acids is 1. The number of hydrogen-bond donors (Lipinski definition) is 1. The lowest BCUT2D eigenvalue weighted by Gasteiger charge is -2.05. The number of amides is 1. The average Bonchev–Trinajstić information content (AvgIpc) is 2.43. The molecule has 0 aliphatic rings. The maximum absolute atomic E-state index is 11.6. The molecule has 0 saturated heterocycles. The number of methoxy groups -OCH3 is 1. The van der Waals surface area contributed by atoms with Crippen molar-refractivity contribution >= 4 is 5.91 Å². The van der Waals surface area contributed by atoms with Gasteiger partial charge in [0.1, 0.15) is 5.75 Å². The number of ether oxygens (including phenoxy) is 1. The predicted octanol–water partition coefficient (Wildman–Crippen LogP) is 2.44. The minimum atomic E-state index is -0.00560. The molecule has 0 aliphatic heterocycles. The van der Waals surface area contributed by atoms with E-state index in [-0.39, 0.29) is 5.91 Å². The van der Waals surface area contributed by atoms with Crippen molar-refractivity contribution in [3.63, 3.8) is 0 Å². The molecule has 6 nitrogen and oxygen atoms in total. The fourth-order valence-corrected chi connectivity index (χ4v) is 1.57. The molecule has 0 aromatic heterocycles. The van der Waals surface area contributed by atoms with Crippen LogP contribution in [0.15, 0.2) is 29.4 Å². The molecule has 1 amide bonds. The van der Waals surface area contributed by atoms with Gasteiger partial charge in [-0.3, -0.25) is 4.79 Å². The summed E-state index contributed by atoms with van der Waals surface area (Å²) in [5.41, 5.74) is 9.04. The van der Waals surface area contributed by atoms with Crippen molar-refractivity contribution in [3.8, 4) is 5.75 Å². The molecule has 1 N–H and O–H groups in total. The zero-order valence-corrected chi connectivity index (χ0v) is 11.0. The van der Waals surface area contributed by atoms with Crippen LogP contribution in [0.2, 0.25) is 0 Å². The molecule has 102 valence electrons. The lowest BCUT2D eigenvalue weighted by molar-refractivity contribution is -0.120. The second kappa shape index (κ2) is 8.83. The quantitative estimate of drug-likeness (QED) is 0.337. The fraction of sp³-hybridized carbons (Fsp3) is 0.462. The summed E-state index contributed by atoms with van der Waals surface area (Å²) in [6.45, 7) is 1.08. The summed E-state index contributed by atoms with van der Waals surface area (Å²) >= 11 is 0. The van der Waals surface area contributed by atoms with Gasteiger partial charge in [-0.05, 0) is 36.1 Å². The van der Waals surface area contributed by atoms with Gasteiger partial charge < -0.3 is 10.1 Å². The highest BCUT2D eigenvalue weighted by Crippen LogP contribution is 2.11. The number of hydrogen-bond acceptors (Lipinski definition) is 3. The molecule has 0 bridgehead atoms. The summed E-state index contributed by atoms with van der Waals surface area (Å²) in [6.07, 6.45) is 1.96. The maximum atomic E-state index is 11.6. The highest BCUT2D eigenvalue weighted by molar-refractivity contribution is 5.78. The number of carbonyl (C=O) groups is 1. The van der Waals surface area contributed by atoms with E-state index in [2.05, 4.69) is 15.3 Å². The second-order valence-corrected chi connectivity index (χ2v) is 4.04. The van der Waals surface area contributed by atoms with Crippen LogP contribution in [0, 0.1) is 0 Å². The van der Waals surface area contributed by atoms with Crippen molar-refractivity contribution in [3.05, 3.63) is 40.3 Å². The Bertz CT molecular complexity index is 438. The molecule has 6 heteroatoms. The minimum absolute atomic E-state index is 0.00560. The smallest absolute Gasteiger partial charge is 0.224 e. The van der Waals surface area contributed by atoms with Crippen LogP contribution < -0.4 is 10.1 Å². The molecule has 0 unspecified atom stereocenters.